The number of hydrogen-bond acceptors (Lipinski definition) is 3. The van der Waals surface area contributed by atoms with Gasteiger partial charge in [-0.05, 0) is 18.8 Å². The summed E-state index contributed by atoms with van der Waals surface area (Å²) in [5.74, 6) is -2.74. The van der Waals surface area contributed by atoms with Gasteiger partial charge in [-0.2, -0.15) is 13.2 Å². The van der Waals surface area contributed by atoms with Gasteiger partial charge in [0.1, 0.15) is 0 Å². The number of fused-ring (bicyclic) bond motifs is 2. The van der Waals surface area contributed by atoms with Crippen molar-refractivity contribution in [2.24, 2.45) is 17.3 Å². The average molecular weight is 224 g/mol. The van der Waals surface area contributed by atoms with E-state index in [0.717, 1.165) is 0 Å². The smallest absolute Gasteiger partial charge is 0.405 e. The molecule has 2 rings (SSSR count). The predicted molar refractivity (Wildman–Crippen MR) is 42.5 cm³/mol. The Balaban J connectivity index is 2.43. The Morgan fingerprint density at radius 3 is 2.67 bits per heavy atom. The lowest BCUT2D eigenvalue weighted by Gasteiger charge is -2.36. The number of carbonyl (C=O) groups is 1. The van der Waals surface area contributed by atoms with Gasteiger partial charge in [-0.3, -0.25) is 4.79 Å². The molecule has 1 heterocycles. The van der Waals surface area contributed by atoms with E-state index in [1.165, 1.54) is 6.92 Å². The van der Waals surface area contributed by atoms with Crippen LogP contribution in [-0.4, -0.2) is 23.5 Å². The zero-order valence-electron chi connectivity index (χ0n) is 8.04. The molecular formula is C9H11F3O3. The van der Waals surface area contributed by atoms with Crippen molar-refractivity contribution in [3.63, 3.8) is 0 Å². The standard InChI is InChI=1S/C9H11F3O3/c1-4-2-5-3-8(4,9(10,11)12)7(14)15-6(5)13/h4-6,13H,2-3H2,1H3. The molecule has 1 saturated heterocycles. The van der Waals surface area contributed by atoms with Gasteiger partial charge in [-0.15, -0.1) is 0 Å². The van der Waals surface area contributed by atoms with Crippen LogP contribution in [-0.2, 0) is 9.53 Å². The first-order chi connectivity index (χ1) is 6.79. The van der Waals surface area contributed by atoms with Crippen LogP contribution in [0.4, 0.5) is 13.2 Å². The van der Waals surface area contributed by atoms with Crippen molar-refractivity contribution in [1.29, 1.82) is 0 Å². The fraction of sp³-hybridized carbons (Fsp3) is 0.889. The molecule has 0 spiro atoms. The molecule has 0 aromatic carbocycles. The van der Waals surface area contributed by atoms with E-state index in [0.29, 0.717) is 0 Å². The molecule has 0 radical (unpaired) electrons. The molecule has 2 aliphatic rings. The van der Waals surface area contributed by atoms with Gasteiger partial charge < -0.3 is 9.84 Å². The van der Waals surface area contributed by atoms with Crippen molar-refractivity contribution < 1.29 is 27.8 Å². The molecule has 3 nitrogen and oxygen atoms in total. The highest BCUT2D eigenvalue weighted by Gasteiger charge is 2.71. The number of rotatable bonds is 0. The molecule has 0 aromatic heterocycles. The normalized spacial score (nSPS) is 45.4. The highest BCUT2D eigenvalue weighted by Crippen LogP contribution is 2.59. The lowest BCUT2D eigenvalue weighted by Crippen LogP contribution is -2.51. The molecule has 2 fully saturated rings. The van der Waals surface area contributed by atoms with Crippen molar-refractivity contribution in [1.82, 2.24) is 0 Å². The van der Waals surface area contributed by atoms with Gasteiger partial charge in [0.2, 0.25) is 6.29 Å². The highest BCUT2D eigenvalue weighted by molar-refractivity contribution is 5.80. The first-order valence-corrected chi connectivity index (χ1v) is 4.75. The van der Waals surface area contributed by atoms with Crippen LogP contribution in [0.5, 0.6) is 0 Å². The monoisotopic (exact) mass is 224 g/mol. The lowest BCUT2D eigenvalue weighted by molar-refractivity contribution is -0.266. The van der Waals surface area contributed by atoms with Crippen molar-refractivity contribution in [2.45, 2.75) is 32.2 Å². The number of cyclic esters (lactones) is 1. The molecule has 15 heavy (non-hydrogen) atoms. The van der Waals surface area contributed by atoms with E-state index < -0.39 is 35.7 Å². The van der Waals surface area contributed by atoms with E-state index in [1.54, 1.807) is 0 Å². The highest BCUT2D eigenvalue weighted by atomic mass is 19.4. The summed E-state index contributed by atoms with van der Waals surface area (Å²) in [7, 11) is 0. The van der Waals surface area contributed by atoms with Crippen LogP contribution < -0.4 is 0 Å². The Morgan fingerprint density at radius 2 is 2.13 bits per heavy atom. The van der Waals surface area contributed by atoms with Crippen LogP contribution >= 0.6 is 0 Å². The Kier molecular flexibility index (Phi) is 2.05. The summed E-state index contributed by atoms with van der Waals surface area (Å²) in [6.45, 7) is 1.38. The molecule has 86 valence electrons. The molecule has 1 aliphatic heterocycles. The van der Waals surface area contributed by atoms with Crippen LogP contribution in [0, 0.1) is 17.3 Å². The van der Waals surface area contributed by atoms with Gasteiger partial charge in [0.25, 0.3) is 0 Å². The number of ether oxygens (including phenoxy) is 1. The third-order valence-corrected chi connectivity index (χ3v) is 3.58. The third-order valence-electron chi connectivity index (χ3n) is 3.58. The van der Waals surface area contributed by atoms with E-state index in [1.807, 2.05) is 0 Å². The van der Waals surface area contributed by atoms with E-state index in [-0.39, 0.29) is 12.8 Å². The second-order valence-electron chi connectivity index (χ2n) is 4.37. The second-order valence-corrected chi connectivity index (χ2v) is 4.37. The molecule has 0 aromatic rings. The van der Waals surface area contributed by atoms with Crippen LogP contribution in [0.25, 0.3) is 0 Å². The Morgan fingerprint density at radius 1 is 1.53 bits per heavy atom. The summed E-state index contributed by atoms with van der Waals surface area (Å²) in [5, 5.41) is 9.25. The van der Waals surface area contributed by atoms with E-state index >= 15 is 0 Å². The summed E-state index contributed by atoms with van der Waals surface area (Å²) < 4.78 is 43.0. The maximum atomic E-state index is 12.9. The Bertz CT molecular complexity index is 301. The second kappa shape index (κ2) is 2.87. The largest absolute Gasteiger partial charge is 0.435 e. The van der Waals surface area contributed by atoms with E-state index in [2.05, 4.69) is 4.74 Å². The first-order valence-electron chi connectivity index (χ1n) is 4.75. The summed E-state index contributed by atoms with van der Waals surface area (Å²) >= 11 is 0. The summed E-state index contributed by atoms with van der Waals surface area (Å²) in [6.07, 6.45) is -6.15. The number of carbonyl (C=O) groups excluding carboxylic acids is 1. The minimum absolute atomic E-state index is 0.173. The fourth-order valence-electron chi connectivity index (χ4n) is 2.68. The van der Waals surface area contributed by atoms with Gasteiger partial charge in [-0.25, -0.2) is 0 Å². The van der Waals surface area contributed by atoms with E-state index in [9.17, 15) is 23.1 Å². The SMILES string of the molecule is CC1CC2CC1(C(F)(F)F)C(=O)OC2O. The van der Waals surface area contributed by atoms with Crippen LogP contribution in [0.1, 0.15) is 19.8 Å². The number of aliphatic hydroxyl groups is 1. The molecule has 0 amide bonds. The lowest BCUT2D eigenvalue weighted by atomic mass is 9.77. The van der Waals surface area contributed by atoms with Gasteiger partial charge in [0.05, 0.1) is 0 Å². The number of alkyl halides is 3. The van der Waals surface area contributed by atoms with Crippen LogP contribution in [0.3, 0.4) is 0 Å². The van der Waals surface area contributed by atoms with Gasteiger partial charge >= 0.3 is 12.1 Å². The zero-order valence-corrected chi connectivity index (χ0v) is 8.04. The van der Waals surface area contributed by atoms with Gasteiger partial charge in [0, 0.05) is 5.92 Å². The summed E-state index contributed by atoms with van der Waals surface area (Å²) in [4.78, 5) is 11.3. The van der Waals surface area contributed by atoms with Crippen molar-refractivity contribution in [3.8, 4) is 0 Å². The third kappa shape index (κ3) is 1.20. The molecule has 2 bridgehead atoms. The maximum Gasteiger partial charge on any atom is 0.405 e. The number of halogens is 3. The zero-order chi connectivity index (χ0) is 11.4. The summed E-state index contributed by atoms with van der Waals surface area (Å²) in [6, 6.07) is 0. The quantitative estimate of drug-likeness (QED) is 0.633. The molecule has 1 N–H and O–H groups in total. The number of esters is 1. The van der Waals surface area contributed by atoms with Crippen molar-refractivity contribution >= 4 is 5.97 Å². The number of aliphatic hydroxyl groups excluding tert-OH is 1. The van der Waals surface area contributed by atoms with Gasteiger partial charge in [-0.1, -0.05) is 6.92 Å². The first kappa shape index (κ1) is 10.7. The molecule has 4 atom stereocenters. The predicted octanol–water partition coefficient (Wildman–Crippen LogP) is 1.46. The molecule has 1 aliphatic carbocycles. The van der Waals surface area contributed by atoms with Gasteiger partial charge in [0.15, 0.2) is 5.41 Å². The Labute approximate surface area is 84.2 Å². The number of hydrogen-bond donors (Lipinski definition) is 1. The maximum absolute atomic E-state index is 12.9. The molecular weight excluding hydrogens is 213 g/mol. The fourth-order valence-corrected chi connectivity index (χ4v) is 2.68. The average Bonchev–Trinajstić information content (AvgIpc) is 2.37. The van der Waals surface area contributed by atoms with Crippen molar-refractivity contribution in [3.05, 3.63) is 0 Å². The topological polar surface area (TPSA) is 46.5 Å². The minimum atomic E-state index is -4.60. The Hall–Kier alpha value is -0.780. The molecule has 4 unspecified atom stereocenters. The van der Waals surface area contributed by atoms with Crippen LogP contribution in [0.15, 0.2) is 0 Å². The van der Waals surface area contributed by atoms with E-state index in [4.69, 9.17) is 0 Å². The summed E-state index contributed by atoms with van der Waals surface area (Å²) in [5.41, 5.74) is -2.39. The minimum Gasteiger partial charge on any atom is -0.435 e. The van der Waals surface area contributed by atoms with Crippen molar-refractivity contribution in [2.75, 3.05) is 0 Å². The molecule has 6 heteroatoms. The van der Waals surface area contributed by atoms with Crippen LogP contribution in [0.2, 0.25) is 0 Å². The molecule has 1 saturated carbocycles.